The normalized spacial score (nSPS) is 12.3. The van der Waals surface area contributed by atoms with Crippen LogP contribution in [0.4, 0.5) is 11.4 Å². The highest BCUT2D eigenvalue weighted by molar-refractivity contribution is 7.89. The van der Waals surface area contributed by atoms with Crippen LogP contribution >= 0.6 is 0 Å². The summed E-state index contributed by atoms with van der Waals surface area (Å²) in [6.07, 6.45) is 1.19. The zero-order valence-electron chi connectivity index (χ0n) is 11.7. The van der Waals surface area contributed by atoms with E-state index in [1.807, 2.05) is 13.8 Å². The minimum Gasteiger partial charge on any atom is -0.398 e. The van der Waals surface area contributed by atoms with E-state index in [2.05, 4.69) is 4.72 Å². The van der Waals surface area contributed by atoms with E-state index in [0.29, 0.717) is 12.8 Å². The number of nitrogens with one attached hydrogen (secondary N) is 1. The van der Waals surface area contributed by atoms with E-state index in [0.717, 1.165) is 6.07 Å². The van der Waals surface area contributed by atoms with Crippen molar-refractivity contribution < 1.29 is 13.3 Å². The van der Waals surface area contributed by atoms with Gasteiger partial charge in [0.05, 0.1) is 10.6 Å². The number of nitro benzene ring substituents is 1. The molecular formula is C12H19N3O4S. The molecule has 0 amide bonds. The number of non-ortho nitro benzene ring substituents is 1. The highest BCUT2D eigenvalue weighted by atomic mass is 32.2. The van der Waals surface area contributed by atoms with Crippen molar-refractivity contribution in [3.63, 3.8) is 0 Å². The van der Waals surface area contributed by atoms with Crippen molar-refractivity contribution in [2.24, 2.45) is 0 Å². The summed E-state index contributed by atoms with van der Waals surface area (Å²) in [6.45, 7) is 5.50. The summed E-state index contributed by atoms with van der Waals surface area (Å²) < 4.78 is 27.3. The largest absolute Gasteiger partial charge is 0.398 e. The number of nitro groups is 1. The van der Waals surface area contributed by atoms with E-state index in [4.69, 9.17) is 5.73 Å². The lowest BCUT2D eigenvalue weighted by Crippen LogP contribution is -2.44. The van der Waals surface area contributed by atoms with Crippen molar-refractivity contribution in [2.75, 3.05) is 5.73 Å². The predicted molar refractivity (Wildman–Crippen MR) is 76.8 cm³/mol. The molecule has 0 aliphatic rings. The average molecular weight is 301 g/mol. The summed E-state index contributed by atoms with van der Waals surface area (Å²) in [4.78, 5) is 9.82. The van der Waals surface area contributed by atoms with Gasteiger partial charge in [-0.05, 0) is 25.8 Å². The molecule has 0 radical (unpaired) electrons. The van der Waals surface area contributed by atoms with Crippen LogP contribution in [0.1, 0.15) is 33.6 Å². The van der Waals surface area contributed by atoms with E-state index in [1.165, 1.54) is 12.1 Å². The molecule has 1 aromatic rings. The molecule has 0 aromatic heterocycles. The number of hydrogen-bond donors (Lipinski definition) is 2. The van der Waals surface area contributed by atoms with Crippen molar-refractivity contribution in [3.05, 3.63) is 28.3 Å². The van der Waals surface area contributed by atoms with Crippen LogP contribution in [0, 0.1) is 10.1 Å². The number of nitrogens with two attached hydrogens (primary N) is 1. The van der Waals surface area contributed by atoms with Gasteiger partial charge in [0.2, 0.25) is 10.0 Å². The van der Waals surface area contributed by atoms with Crippen LogP contribution in [0.25, 0.3) is 0 Å². The molecule has 0 saturated carbocycles. The van der Waals surface area contributed by atoms with Crippen molar-refractivity contribution in [1.29, 1.82) is 0 Å². The third-order valence-corrected chi connectivity index (χ3v) is 5.13. The molecular weight excluding hydrogens is 282 g/mol. The Morgan fingerprint density at radius 3 is 2.35 bits per heavy atom. The minimum atomic E-state index is -3.91. The lowest BCUT2D eigenvalue weighted by molar-refractivity contribution is -0.385. The molecule has 7 nitrogen and oxygen atoms in total. The van der Waals surface area contributed by atoms with Gasteiger partial charge in [0.25, 0.3) is 5.69 Å². The molecule has 0 spiro atoms. The third kappa shape index (κ3) is 3.45. The van der Waals surface area contributed by atoms with Crippen molar-refractivity contribution in [3.8, 4) is 0 Å². The summed E-state index contributed by atoms with van der Waals surface area (Å²) in [5.74, 6) is 0. The SMILES string of the molecule is CCC(C)(CC)NS(=O)(=O)c1cc([N+](=O)[O-])ccc1N. The van der Waals surface area contributed by atoms with Crippen LogP contribution in [0.2, 0.25) is 0 Å². The Balaban J connectivity index is 3.28. The van der Waals surface area contributed by atoms with E-state index in [-0.39, 0.29) is 16.3 Å². The lowest BCUT2D eigenvalue weighted by Gasteiger charge is -2.28. The zero-order chi connectivity index (χ0) is 15.6. The van der Waals surface area contributed by atoms with Crippen LogP contribution < -0.4 is 10.5 Å². The van der Waals surface area contributed by atoms with Crippen LogP contribution in [-0.2, 0) is 10.0 Å². The minimum absolute atomic E-state index is 0.0161. The molecule has 112 valence electrons. The maximum atomic E-state index is 12.3. The van der Waals surface area contributed by atoms with Crippen LogP contribution in [0.5, 0.6) is 0 Å². The first kappa shape index (κ1) is 16.4. The second-order valence-corrected chi connectivity index (χ2v) is 6.50. The molecule has 1 rings (SSSR count). The van der Waals surface area contributed by atoms with Gasteiger partial charge >= 0.3 is 0 Å². The second-order valence-electron chi connectivity index (χ2n) is 4.85. The Kier molecular flexibility index (Phi) is 4.72. The first-order chi connectivity index (χ1) is 9.15. The van der Waals surface area contributed by atoms with E-state index in [1.54, 1.807) is 6.92 Å². The first-order valence-electron chi connectivity index (χ1n) is 6.23. The first-order valence-corrected chi connectivity index (χ1v) is 7.71. The Labute approximate surface area is 118 Å². The zero-order valence-corrected chi connectivity index (χ0v) is 12.5. The fourth-order valence-electron chi connectivity index (χ4n) is 1.64. The molecule has 0 atom stereocenters. The number of anilines is 1. The van der Waals surface area contributed by atoms with Crippen LogP contribution in [0.15, 0.2) is 23.1 Å². The average Bonchev–Trinajstić information content (AvgIpc) is 2.38. The maximum absolute atomic E-state index is 12.3. The summed E-state index contributed by atoms with van der Waals surface area (Å²) in [5, 5.41) is 10.7. The number of hydrogen-bond acceptors (Lipinski definition) is 5. The monoisotopic (exact) mass is 301 g/mol. The number of benzene rings is 1. The molecule has 0 fully saturated rings. The number of rotatable bonds is 6. The van der Waals surface area contributed by atoms with E-state index in [9.17, 15) is 18.5 Å². The van der Waals surface area contributed by atoms with E-state index >= 15 is 0 Å². The van der Waals surface area contributed by atoms with Gasteiger partial charge in [-0.1, -0.05) is 13.8 Å². The molecule has 3 N–H and O–H groups in total. The Morgan fingerprint density at radius 2 is 1.90 bits per heavy atom. The van der Waals surface area contributed by atoms with Gasteiger partial charge in [0.15, 0.2) is 0 Å². The Bertz CT molecular complexity index is 609. The van der Waals surface area contributed by atoms with Crippen molar-refractivity contribution in [2.45, 2.75) is 44.0 Å². The number of sulfonamides is 1. The smallest absolute Gasteiger partial charge is 0.270 e. The highest BCUT2D eigenvalue weighted by Gasteiger charge is 2.29. The molecule has 8 heteroatoms. The molecule has 0 aliphatic heterocycles. The third-order valence-electron chi connectivity index (χ3n) is 3.44. The van der Waals surface area contributed by atoms with Gasteiger partial charge in [0, 0.05) is 17.7 Å². The standard InChI is InChI=1S/C12H19N3O4S/c1-4-12(3,5-2)14-20(18,19)11-8-9(15(16)17)6-7-10(11)13/h6-8,14H,4-5,13H2,1-3H3. The molecule has 0 aliphatic carbocycles. The lowest BCUT2D eigenvalue weighted by atomic mass is 9.98. The van der Waals surface area contributed by atoms with Gasteiger partial charge in [-0.25, -0.2) is 13.1 Å². The predicted octanol–water partition coefficient (Wildman–Crippen LogP) is 2.03. The summed E-state index contributed by atoms with van der Waals surface area (Å²) in [6, 6.07) is 3.37. The summed E-state index contributed by atoms with van der Waals surface area (Å²) in [5.41, 5.74) is 4.69. The Hall–Kier alpha value is -1.67. The summed E-state index contributed by atoms with van der Waals surface area (Å²) in [7, 11) is -3.91. The van der Waals surface area contributed by atoms with Gasteiger partial charge in [-0.2, -0.15) is 0 Å². The maximum Gasteiger partial charge on any atom is 0.270 e. The fourth-order valence-corrected chi connectivity index (χ4v) is 3.34. The Morgan fingerprint density at radius 1 is 1.35 bits per heavy atom. The summed E-state index contributed by atoms with van der Waals surface area (Å²) >= 11 is 0. The molecule has 0 heterocycles. The molecule has 0 unspecified atom stereocenters. The van der Waals surface area contributed by atoms with Gasteiger partial charge < -0.3 is 5.73 Å². The fraction of sp³-hybridized carbons (Fsp3) is 0.500. The molecule has 1 aromatic carbocycles. The van der Waals surface area contributed by atoms with E-state index < -0.39 is 20.5 Å². The quantitative estimate of drug-likeness (QED) is 0.474. The highest BCUT2D eigenvalue weighted by Crippen LogP contribution is 2.26. The topological polar surface area (TPSA) is 115 Å². The molecule has 0 bridgehead atoms. The van der Waals surface area contributed by atoms with Gasteiger partial charge in [-0.15, -0.1) is 0 Å². The van der Waals surface area contributed by atoms with Gasteiger partial charge in [0.1, 0.15) is 4.90 Å². The van der Waals surface area contributed by atoms with Crippen molar-refractivity contribution in [1.82, 2.24) is 4.72 Å². The van der Waals surface area contributed by atoms with Crippen molar-refractivity contribution >= 4 is 21.4 Å². The molecule has 0 saturated heterocycles. The second kappa shape index (κ2) is 5.76. The number of nitrogen functional groups attached to an aromatic ring is 1. The molecule has 20 heavy (non-hydrogen) atoms. The van der Waals surface area contributed by atoms with Gasteiger partial charge in [-0.3, -0.25) is 10.1 Å². The van der Waals surface area contributed by atoms with Crippen LogP contribution in [-0.4, -0.2) is 18.9 Å². The number of nitrogens with zero attached hydrogens (tertiary/aromatic N) is 1. The van der Waals surface area contributed by atoms with Crippen LogP contribution in [0.3, 0.4) is 0 Å².